The first kappa shape index (κ1) is 25.5. The van der Waals surface area contributed by atoms with Crippen LogP contribution in [-0.4, -0.2) is 34.1 Å². The maximum atomic E-state index is 10.8. The van der Waals surface area contributed by atoms with Crippen LogP contribution in [-0.2, 0) is 0 Å². The van der Waals surface area contributed by atoms with Crippen LogP contribution < -0.4 is 0 Å². The summed E-state index contributed by atoms with van der Waals surface area (Å²) in [6.45, 7) is 16.4. The lowest BCUT2D eigenvalue weighted by Crippen LogP contribution is -2.58. The van der Waals surface area contributed by atoms with E-state index in [1.165, 1.54) is 19.3 Å². The van der Waals surface area contributed by atoms with Gasteiger partial charge < -0.3 is 15.3 Å². The van der Waals surface area contributed by atoms with E-state index in [0.717, 1.165) is 31.3 Å². The van der Waals surface area contributed by atoms with E-state index in [0.29, 0.717) is 24.2 Å². The van der Waals surface area contributed by atoms with Gasteiger partial charge in [-0.1, -0.05) is 57.9 Å². The number of aliphatic hydroxyl groups excluding tert-OH is 3. The molecule has 0 heterocycles. The molecular formula is C30H50O3. The van der Waals surface area contributed by atoms with Crippen LogP contribution in [0.5, 0.6) is 0 Å². The number of rotatable bonds is 5. The average molecular weight is 459 g/mol. The largest absolute Gasteiger partial charge is 0.396 e. The topological polar surface area (TPSA) is 60.7 Å². The Morgan fingerprint density at radius 1 is 1.06 bits per heavy atom. The van der Waals surface area contributed by atoms with E-state index in [9.17, 15) is 15.3 Å². The molecular weight excluding hydrogens is 408 g/mol. The van der Waals surface area contributed by atoms with Crippen molar-refractivity contribution in [2.24, 2.45) is 45.3 Å². The molecule has 0 spiro atoms. The zero-order valence-corrected chi connectivity index (χ0v) is 22.3. The first-order chi connectivity index (χ1) is 15.3. The van der Waals surface area contributed by atoms with Gasteiger partial charge in [0.1, 0.15) is 0 Å². The highest BCUT2D eigenvalue weighted by Crippen LogP contribution is 2.73. The molecule has 3 heteroatoms. The molecule has 0 amide bonds. The molecule has 4 aliphatic carbocycles. The van der Waals surface area contributed by atoms with Crippen LogP contribution in [0.4, 0.5) is 0 Å². The lowest BCUT2D eigenvalue weighted by atomic mass is 9.41. The van der Waals surface area contributed by atoms with Crippen molar-refractivity contribution in [3.63, 3.8) is 0 Å². The third-order valence-electron chi connectivity index (χ3n) is 11.8. The van der Waals surface area contributed by atoms with Crippen LogP contribution in [0.1, 0.15) is 99.8 Å². The van der Waals surface area contributed by atoms with Crippen LogP contribution in [0.3, 0.4) is 0 Å². The maximum absolute atomic E-state index is 10.8. The number of fused-ring (bicyclic) bond motifs is 5. The summed E-state index contributed by atoms with van der Waals surface area (Å²) in [6, 6.07) is 0. The van der Waals surface area contributed by atoms with Gasteiger partial charge in [0, 0.05) is 6.61 Å². The molecule has 3 N–H and O–H groups in total. The monoisotopic (exact) mass is 458 g/mol. The highest BCUT2D eigenvalue weighted by Gasteiger charge is 2.65. The summed E-state index contributed by atoms with van der Waals surface area (Å²) in [5.74, 6) is 1.75. The summed E-state index contributed by atoms with van der Waals surface area (Å²) >= 11 is 0. The highest BCUT2D eigenvalue weighted by atomic mass is 16.3. The van der Waals surface area contributed by atoms with Gasteiger partial charge in [-0.15, -0.1) is 0 Å². The van der Waals surface area contributed by atoms with Gasteiger partial charge in [-0.05, 0) is 111 Å². The predicted molar refractivity (Wildman–Crippen MR) is 136 cm³/mol. The lowest BCUT2D eigenvalue weighted by molar-refractivity contribution is -0.132. The number of hydrogen-bond donors (Lipinski definition) is 3. The van der Waals surface area contributed by atoms with Gasteiger partial charge in [0.25, 0.3) is 0 Å². The van der Waals surface area contributed by atoms with Crippen molar-refractivity contribution >= 4 is 0 Å². The summed E-state index contributed by atoms with van der Waals surface area (Å²) < 4.78 is 0. The van der Waals surface area contributed by atoms with Gasteiger partial charge >= 0.3 is 0 Å². The van der Waals surface area contributed by atoms with Crippen LogP contribution in [0, 0.1) is 45.3 Å². The standard InChI is InChI=1S/C30H50O3/c1-19(2)16-21(32)17-20(18-31)22-10-14-30(7)24-8-9-25-27(3,4)26(33)12-13-28(25,5)23(24)11-15-29(22,30)6/h8,16,20-23,25-26,31-33H,9-15,17-18H2,1-7H3/t20-,21?,22+,23+,25+,26+,28-,29+,30-/m1/s1. The third kappa shape index (κ3) is 3.71. The lowest BCUT2D eigenvalue weighted by Gasteiger charge is -2.64. The zero-order chi connectivity index (χ0) is 24.4. The molecule has 0 bridgehead atoms. The van der Waals surface area contributed by atoms with E-state index < -0.39 is 6.10 Å². The van der Waals surface area contributed by atoms with E-state index in [1.54, 1.807) is 5.57 Å². The minimum Gasteiger partial charge on any atom is -0.396 e. The zero-order valence-electron chi connectivity index (χ0n) is 22.3. The predicted octanol–water partition coefficient (Wildman–Crippen LogP) is 6.28. The summed E-state index contributed by atoms with van der Waals surface area (Å²) in [5.41, 5.74) is 3.41. The summed E-state index contributed by atoms with van der Waals surface area (Å²) in [7, 11) is 0. The minimum absolute atomic E-state index is 0.0298. The van der Waals surface area contributed by atoms with E-state index >= 15 is 0 Å². The van der Waals surface area contributed by atoms with Crippen molar-refractivity contribution in [3.8, 4) is 0 Å². The molecule has 33 heavy (non-hydrogen) atoms. The highest BCUT2D eigenvalue weighted by molar-refractivity contribution is 5.33. The van der Waals surface area contributed by atoms with Crippen LogP contribution >= 0.6 is 0 Å². The van der Waals surface area contributed by atoms with E-state index in [1.807, 2.05) is 19.9 Å². The van der Waals surface area contributed by atoms with Gasteiger partial charge in [0.05, 0.1) is 12.2 Å². The number of aliphatic hydroxyl groups is 3. The Labute approximate surface area is 202 Å². The second-order valence-corrected chi connectivity index (χ2v) is 13.8. The van der Waals surface area contributed by atoms with Crippen molar-refractivity contribution in [2.75, 3.05) is 6.61 Å². The molecule has 0 aliphatic heterocycles. The Morgan fingerprint density at radius 2 is 1.76 bits per heavy atom. The fourth-order valence-electron chi connectivity index (χ4n) is 9.63. The molecule has 4 aliphatic rings. The van der Waals surface area contributed by atoms with Gasteiger partial charge in [0.2, 0.25) is 0 Å². The molecule has 188 valence electrons. The molecule has 4 rings (SSSR count). The van der Waals surface area contributed by atoms with Crippen molar-refractivity contribution in [1.29, 1.82) is 0 Å². The van der Waals surface area contributed by atoms with Gasteiger partial charge in [-0.3, -0.25) is 0 Å². The summed E-state index contributed by atoms with van der Waals surface area (Å²) in [5, 5.41) is 31.8. The third-order valence-corrected chi connectivity index (χ3v) is 11.8. The van der Waals surface area contributed by atoms with Gasteiger partial charge in [0.15, 0.2) is 0 Å². The van der Waals surface area contributed by atoms with Crippen molar-refractivity contribution < 1.29 is 15.3 Å². The second kappa shape index (κ2) is 8.49. The molecule has 9 atom stereocenters. The first-order valence-corrected chi connectivity index (χ1v) is 13.6. The maximum Gasteiger partial charge on any atom is 0.0726 e. The Hall–Kier alpha value is -0.640. The van der Waals surface area contributed by atoms with Crippen LogP contribution in [0.25, 0.3) is 0 Å². The molecule has 0 radical (unpaired) electrons. The van der Waals surface area contributed by atoms with Gasteiger partial charge in [-0.25, -0.2) is 0 Å². The molecule has 3 fully saturated rings. The van der Waals surface area contributed by atoms with E-state index in [2.05, 4.69) is 40.7 Å². The summed E-state index contributed by atoms with van der Waals surface area (Å²) in [4.78, 5) is 0. The fourth-order valence-corrected chi connectivity index (χ4v) is 9.63. The second-order valence-electron chi connectivity index (χ2n) is 13.8. The Morgan fingerprint density at radius 3 is 2.39 bits per heavy atom. The Kier molecular flexibility index (Phi) is 6.55. The van der Waals surface area contributed by atoms with E-state index in [-0.39, 0.29) is 40.3 Å². The minimum atomic E-state index is -0.469. The molecule has 0 aromatic carbocycles. The normalized spacial score (nSPS) is 45.8. The van der Waals surface area contributed by atoms with E-state index in [4.69, 9.17) is 0 Å². The molecule has 0 aromatic heterocycles. The number of hydrogen-bond acceptors (Lipinski definition) is 3. The van der Waals surface area contributed by atoms with Crippen molar-refractivity contribution in [3.05, 3.63) is 23.3 Å². The Balaban J connectivity index is 1.65. The molecule has 0 aromatic rings. The quantitative estimate of drug-likeness (QED) is 0.425. The van der Waals surface area contributed by atoms with Crippen molar-refractivity contribution in [1.82, 2.24) is 0 Å². The fraction of sp³-hybridized carbons (Fsp3) is 0.867. The summed E-state index contributed by atoms with van der Waals surface area (Å²) in [6.07, 6.45) is 12.5. The van der Waals surface area contributed by atoms with Crippen molar-refractivity contribution in [2.45, 2.75) is 112 Å². The Bertz CT molecular complexity index is 807. The van der Waals surface area contributed by atoms with Crippen LogP contribution in [0.2, 0.25) is 0 Å². The average Bonchev–Trinajstić information content (AvgIpc) is 3.00. The SMILES string of the molecule is CC(C)=CC(O)C[C@H](CO)[C@@H]1CC[C@]2(C)C3=CC[C@H]4C(C)(C)[C@@H](O)CC[C@]4(C)[C@H]3CC[C@@]12C. The molecule has 3 saturated carbocycles. The molecule has 3 nitrogen and oxygen atoms in total. The van der Waals surface area contributed by atoms with Crippen LogP contribution in [0.15, 0.2) is 23.3 Å². The number of allylic oxidation sites excluding steroid dienone is 3. The first-order valence-electron chi connectivity index (χ1n) is 13.6. The van der Waals surface area contributed by atoms with Gasteiger partial charge in [-0.2, -0.15) is 0 Å². The molecule has 1 unspecified atom stereocenters. The molecule has 0 saturated heterocycles. The smallest absolute Gasteiger partial charge is 0.0726 e.